The fraction of sp³-hybridized carbons (Fsp3) is 0.386. The summed E-state index contributed by atoms with van der Waals surface area (Å²) in [5, 5.41) is 32.7. The molecule has 2 bridgehead atoms. The van der Waals surface area contributed by atoms with Gasteiger partial charge in [-0.15, -0.1) is 0 Å². The number of thioether (sulfide) groups is 2. The second-order valence-electron chi connectivity index (χ2n) is 25.6. The number of nitrogens with zero attached hydrogens (tertiary/aromatic N) is 3. The Hall–Kier alpha value is -10.7. The van der Waals surface area contributed by atoms with Gasteiger partial charge in [-0.2, -0.15) is 23.5 Å². The highest BCUT2D eigenvalue weighted by molar-refractivity contribution is 7.98. The van der Waals surface area contributed by atoms with Crippen molar-refractivity contribution in [1.29, 1.82) is 0 Å². The third-order valence-electron chi connectivity index (χ3n) is 18.1. The third-order valence-corrected chi connectivity index (χ3v) is 20.3. The van der Waals surface area contributed by atoms with Crippen molar-refractivity contribution in [2.45, 2.75) is 137 Å². The van der Waals surface area contributed by atoms with E-state index in [2.05, 4.69) is 72.4 Å². The minimum Gasteiger partial charge on any atom is -0.481 e. The van der Waals surface area contributed by atoms with Gasteiger partial charge in [0.15, 0.2) is 0 Å². The number of hydrogen-bond donors (Lipinski definition) is 15. The van der Waals surface area contributed by atoms with Crippen molar-refractivity contribution >= 4 is 121 Å². The smallest absolute Gasteiger partial charge is 0.305 e. The summed E-state index contributed by atoms with van der Waals surface area (Å²) in [6.07, 6.45) is 7.73. The number of benzene rings is 3. The number of hydrogen-bond acceptors (Lipinski definition) is 16. The van der Waals surface area contributed by atoms with Crippen LogP contribution in [0, 0.1) is 11.6 Å². The highest BCUT2D eigenvalue weighted by Gasteiger charge is 2.49. The number of fused-ring (bicyclic) bond motifs is 6. The van der Waals surface area contributed by atoms with Crippen LogP contribution in [-0.4, -0.2) is 184 Å². The van der Waals surface area contributed by atoms with Crippen molar-refractivity contribution < 1.29 is 66.6 Å². The molecule has 10 rings (SSSR count). The molecule has 2 aliphatic heterocycles. The molecule has 0 spiro atoms. The number of rotatable bonds is 15. The van der Waals surface area contributed by atoms with Crippen molar-refractivity contribution in [3.05, 3.63) is 155 Å². The van der Waals surface area contributed by atoms with Crippen LogP contribution in [0.15, 0.2) is 110 Å². The van der Waals surface area contributed by atoms with Crippen LogP contribution < -0.4 is 54.0 Å². The van der Waals surface area contributed by atoms with Crippen molar-refractivity contribution in [1.82, 2.24) is 77.3 Å². The van der Waals surface area contributed by atoms with E-state index in [4.69, 9.17) is 11.5 Å². The van der Waals surface area contributed by atoms with Crippen molar-refractivity contribution in [3.63, 3.8) is 0 Å². The van der Waals surface area contributed by atoms with Gasteiger partial charge in [0, 0.05) is 126 Å². The van der Waals surface area contributed by atoms with E-state index in [9.17, 15) is 47.4 Å². The van der Waals surface area contributed by atoms with E-state index in [1.165, 1.54) is 89.7 Å². The fourth-order valence-electron chi connectivity index (χ4n) is 12.7. The Kier molecular flexibility index (Phi) is 25.3. The van der Waals surface area contributed by atoms with Gasteiger partial charge >= 0.3 is 5.97 Å². The maximum absolute atomic E-state index is 15.4. The monoisotopic (exact) mass is 1450 g/mol. The van der Waals surface area contributed by atoms with Gasteiger partial charge in [-0.1, -0.05) is 24.3 Å². The van der Waals surface area contributed by atoms with E-state index < -0.39 is 144 Å². The van der Waals surface area contributed by atoms with E-state index in [1.54, 1.807) is 31.5 Å². The largest absolute Gasteiger partial charge is 0.481 e. The summed E-state index contributed by atoms with van der Waals surface area (Å²) in [7, 11) is 0. The Morgan fingerprint density at radius 2 is 1.23 bits per heavy atom. The topological polar surface area (TPSA) is 448 Å². The number of nitrogens with one attached hydrogen (secondary N) is 12. The minimum absolute atomic E-state index is 0.0118. The number of pyridine rings is 1. The predicted molar refractivity (Wildman–Crippen MR) is 380 cm³/mol. The van der Waals surface area contributed by atoms with Gasteiger partial charge in [-0.3, -0.25) is 52.7 Å². The van der Waals surface area contributed by atoms with Gasteiger partial charge in [-0.05, 0) is 122 Å². The van der Waals surface area contributed by atoms with Gasteiger partial charge in [0.2, 0.25) is 59.1 Å². The molecule has 8 aromatic rings. The number of unbranched alkanes of at least 4 members (excludes halogenated alkanes) is 1. The van der Waals surface area contributed by atoms with Crippen LogP contribution in [0.25, 0.3) is 32.8 Å². The Morgan fingerprint density at radius 3 is 1.87 bits per heavy atom. The maximum Gasteiger partial charge on any atom is 0.305 e. The number of primary amides is 1. The number of aromatic nitrogens is 6. The zero-order valence-corrected chi connectivity index (χ0v) is 57.8. The summed E-state index contributed by atoms with van der Waals surface area (Å²) >= 11 is 2.80. The van der Waals surface area contributed by atoms with Crippen molar-refractivity contribution in [3.8, 4) is 0 Å². The molecule has 0 radical (unpaired) electrons. The lowest BCUT2D eigenvalue weighted by atomic mass is 9.95. The third kappa shape index (κ3) is 19.7. The Labute approximate surface area is 597 Å². The first-order valence-electron chi connectivity index (χ1n) is 33.6. The number of aliphatic carboxylic acids is 1. The molecule has 1 saturated heterocycles. The number of H-pyrrole nitrogens is 4. The fourth-order valence-corrected chi connectivity index (χ4v) is 14.6. The second-order valence-corrected chi connectivity index (χ2v) is 27.8. The maximum atomic E-state index is 15.4. The molecule has 3 aromatic carbocycles. The summed E-state index contributed by atoms with van der Waals surface area (Å²) < 4.78 is 29.9. The molecule has 10 amide bonds. The average molecular weight is 1450 g/mol. The van der Waals surface area contributed by atoms with Crippen LogP contribution in [0.3, 0.4) is 0 Å². The molecule has 0 saturated carbocycles. The number of imidazole rings is 1. The van der Waals surface area contributed by atoms with Crippen molar-refractivity contribution in [2.24, 2.45) is 11.5 Å². The summed E-state index contributed by atoms with van der Waals surface area (Å²) in [4.78, 5) is 180. The quantitative estimate of drug-likeness (QED) is 0.0655. The Morgan fingerprint density at radius 1 is 0.641 bits per heavy atom. The van der Waals surface area contributed by atoms with Crippen LogP contribution in [0.2, 0.25) is 0 Å². The van der Waals surface area contributed by atoms with E-state index in [1.807, 2.05) is 24.3 Å². The van der Waals surface area contributed by atoms with Gasteiger partial charge in [0.25, 0.3) is 0 Å². The zero-order chi connectivity index (χ0) is 73.3. The van der Waals surface area contributed by atoms with Crippen LogP contribution in [0.1, 0.15) is 85.4 Å². The molecule has 544 valence electrons. The number of carboxylic acid groups (broad SMARTS) is 1. The molecule has 1 fully saturated rings. The number of carboxylic acids is 1. The van der Waals surface area contributed by atoms with Crippen LogP contribution in [0.5, 0.6) is 0 Å². The first kappa shape index (κ1) is 75.0. The molecule has 5 aromatic heterocycles. The summed E-state index contributed by atoms with van der Waals surface area (Å²) in [6.45, 7) is 1.13. The molecule has 0 aliphatic carbocycles. The number of amides is 10. The lowest BCUT2D eigenvalue weighted by molar-refractivity contribution is -0.147. The summed E-state index contributed by atoms with van der Waals surface area (Å²) in [5.74, 6) is -10.4. The lowest BCUT2D eigenvalue weighted by Crippen LogP contribution is -2.63. The average Bonchev–Trinajstić information content (AvgIpc) is 1.69. The Bertz CT molecular complexity index is 4440. The van der Waals surface area contributed by atoms with Gasteiger partial charge in [0.1, 0.15) is 65.1 Å². The summed E-state index contributed by atoms with van der Waals surface area (Å²) in [5.41, 5.74) is 14.6. The SMILES string of the molecule is C[C@@]12CCCN1C(=O)[C@H](Cc1c[nH]c3ncccc13)NC(=O)[C@H](Cc1cnc[nH]1)NC(=O)[C@H](CC(=O)O)NC(=O)[C@H](Cc1c[nH]c3ccc(F)cc13)NC(=O)[C@H](Cc1c[nH]c3ccc(F)cc13)NC(=O)CNC(=O)[C@H](CCCCN)NC(=O)CCSCc1cccc(c1)CSC[C@@H](C(N)=O)NC2=O. The van der Waals surface area contributed by atoms with Gasteiger partial charge < -0.3 is 83.9 Å². The number of nitrogens with two attached hydrogens (primary N) is 2. The molecule has 2 aliphatic rings. The van der Waals surface area contributed by atoms with Crippen LogP contribution >= 0.6 is 23.5 Å². The number of carbonyl (C=O) groups excluding carboxylic acids is 10. The van der Waals surface area contributed by atoms with Crippen LogP contribution in [0.4, 0.5) is 8.78 Å². The Balaban J connectivity index is 0.990. The van der Waals surface area contributed by atoms with Gasteiger partial charge in [0.05, 0.1) is 19.3 Å². The van der Waals surface area contributed by atoms with Crippen LogP contribution in [-0.2, 0) is 89.9 Å². The second kappa shape index (κ2) is 34.8. The van der Waals surface area contributed by atoms with E-state index >= 15 is 19.2 Å². The number of carbonyl (C=O) groups is 11. The van der Waals surface area contributed by atoms with E-state index in [-0.39, 0.29) is 67.5 Å². The normalized spacial score (nSPS) is 22.6. The molecule has 7 heterocycles. The minimum atomic E-state index is -2.04. The molecule has 33 heteroatoms. The molecule has 29 nitrogen and oxygen atoms in total. The predicted octanol–water partition coefficient (Wildman–Crippen LogP) is 2.35. The lowest BCUT2D eigenvalue weighted by Gasteiger charge is -2.37. The molecule has 17 N–H and O–H groups in total. The zero-order valence-electron chi connectivity index (χ0n) is 56.2. The molecule has 103 heavy (non-hydrogen) atoms. The summed E-state index contributed by atoms with van der Waals surface area (Å²) in [6, 6.07) is 7.77. The van der Waals surface area contributed by atoms with Crippen molar-refractivity contribution in [2.75, 3.05) is 31.1 Å². The molecule has 8 atom stereocenters. The molecular weight excluding hydrogens is 1370 g/mol. The first-order chi connectivity index (χ1) is 49.5. The number of halogens is 2. The standard InChI is InChI=1S/C70H81F2N17O12S2/c1-70-16-6-19-89(70)68(100)56(24-40-31-79-62-46(40)9-5-18-76-62)87-66(98)54(27-45-32-75-37-81-45)85-67(99)55(28-60(92)93)86-65(97)53(23-42-30-78-50-14-12-44(72)26-48(42)50)84-64(96)52(22-41-29-77-49-13-11-43(71)25-47(41)49)83-59(91)33-80-63(95)51(10-2-3-17-73)82-58(90)15-20-102-34-38-7-4-8-39(21-38)35-103-36-57(61(74)94)88-69(70)101/h4-5,7-9,11-14,18,21,25-26,29-32,37,51-57,77-78H,2-3,6,10,15-17,19-20,22-24,27-28,33-36,73H2,1H3,(H2,74,94)(H,75,81)(H,76,79)(H,80,95)(H,82,90)(H,83,91)(H,84,96)(H,85,99)(H,86,97)(H,87,98)(H,88,101)(H,92,93)/t51-,52-,53-,54-,55-,56-,57-,70-/m0/s1. The molecule has 0 unspecified atom stereocenters. The highest BCUT2D eigenvalue weighted by atomic mass is 32.2. The first-order valence-corrected chi connectivity index (χ1v) is 35.9. The van der Waals surface area contributed by atoms with E-state index in [0.717, 1.165) is 11.1 Å². The van der Waals surface area contributed by atoms with E-state index in [0.29, 0.717) is 81.6 Å². The van der Waals surface area contributed by atoms with Gasteiger partial charge in [-0.25, -0.2) is 18.7 Å². The highest BCUT2D eigenvalue weighted by Crippen LogP contribution is 2.32. The number of aromatic amines is 4. The molecular formula is C70H81F2N17O12S2.